The number of hydrogen-bond donors (Lipinski definition) is 2. The molecule has 25 heavy (non-hydrogen) atoms. The van der Waals surface area contributed by atoms with Crippen molar-refractivity contribution in [3.05, 3.63) is 66.3 Å². The van der Waals surface area contributed by atoms with Gasteiger partial charge >= 0.3 is 0 Å². The maximum atomic E-state index is 11.8. The van der Waals surface area contributed by atoms with Gasteiger partial charge in [0.05, 0.1) is 13.7 Å². The molecule has 0 bridgehead atoms. The molecule has 0 spiro atoms. The van der Waals surface area contributed by atoms with Crippen molar-refractivity contribution < 1.29 is 9.53 Å². The van der Waals surface area contributed by atoms with Crippen LogP contribution in [0.3, 0.4) is 0 Å². The normalized spacial score (nSPS) is 10.8. The minimum absolute atomic E-state index is 0.216. The smallest absolute Gasteiger partial charge is 0.244 e. The Hall–Kier alpha value is -3.48. The molecule has 7 heteroatoms. The van der Waals surface area contributed by atoms with Gasteiger partial charge in [0.15, 0.2) is 5.82 Å². The van der Waals surface area contributed by atoms with Gasteiger partial charge in [-0.25, -0.2) is 4.98 Å². The summed E-state index contributed by atoms with van der Waals surface area (Å²) in [6, 6.07) is 11.1. The first-order valence-corrected chi connectivity index (χ1v) is 7.66. The zero-order chi connectivity index (χ0) is 17.5. The highest BCUT2D eigenvalue weighted by Gasteiger charge is 2.06. The monoisotopic (exact) mass is 335 g/mol. The molecule has 126 valence electrons. The van der Waals surface area contributed by atoms with Crippen molar-refractivity contribution in [2.45, 2.75) is 6.54 Å². The number of nitrogens with one attached hydrogen (secondary N) is 2. The summed E-state index contributed by atoms with van der Waals surface area (Å²) in [5.74, 6) is 1.70. The molecule has 0 unspecified atom stereocenters. The van der Waals surface area contributed by atoms with Crippen LogP contribution in [0.1, 0.15) is 11.4 Å². The minimum Gasteiger partial charge on any atom is -0.497 e. The van der Waals surface area contributed by atoms with E-state index in [1.54, 1.807) is 25.6 Å². The van der Waals surface area contributed by atoms with Gasteiger partial charge in [-0.1, -0.05) is 6.07 Å². The van der Waals surface area contributed by atoms with Gasteiger partial charge in [-0.2, -0.15) is 5.10 Å². The zero-order valence-electron chi connectivity index (χ0n) is 13.6. The van der Waals surface area contributed by atoms with E-state index in [1.165, 1.54) is 6.08 Å². The van der Waals surface area contributed by atoms with E-state index in [0.29, 0.717) is 11.6 Å². The van der Waals surface area contributed by atoms with Gasteiger partial charge < -0.3 is 10.1 Å². The molecule has 2 N–H and O–H groups in total. The molecule has 0 aliphatic rings. The lowest BCUT2D eigenvalue weighted by atomic mass is 10.2. The summed E-state index contributed by atoms with van der Waals surface area (Å²) in [6.07, 6.45) is 6.52. The van der Waals surface area contributed by atoms with E-state index >= 15 is 0 Å². The van der Waals surface area contributed by atoms with E-state index < -0.39 is 0 Å². The number of carbonyl (C=O) groups is 1. The third-order valence-corrected chi connectivity index (χ3v) is 3.42. The molecule has 0 radical (unpaired) electrons. The number of methoxy groups -OCH3 is 1. The van der Waals surface area contributed by atoms with Crippen molar-refractivity contribution in [2.75, 3.05) is 7.11 Å². The largest absolute Gasteiger partial charge is 0.497 e. The Morgan fingerprint density at radius 2 is 2.12 bits per heavy atom. The first kappa shape index (κ1) is 16.4. The molecule has 0 saturated carbocycles. The Balaban J connectivity index is 1.56. The van der Waals surface area contributed by atoms with Crippen molar-refractivity contribution in [2.24, 2.45) is 0 Å². The lowest BCUT2D eigenvalue weighted by Gasteiger charge is -1.99. The number of pyridine rings is 1. The molecule has 3 aromatic rings. The standard InChI is InChI=1S/C18H17N5O2/c1-25-15-7-5-14(6-8-15)18-21-16(22-23-18)12-20-17(24)9-4-13-3-2-10-19-11-13/h2-11H,12H2,1H3,(H,20,24)(H,21,22,23). The van der Waals surface area contributed by atoms with Crippen molar-refractivity contribution in [1.82, 2.24) is 25.5 Å². The molecular formula is C18H17N5O2. The van der Waals surface area contributed by atoms with Crippen molar-refractivity contribution >= 4 is 12.0 Å². The van der Waals surface area contributed by atoms with E-state index in [-0.39, 0.29) is 12.5 Å². The number of carbonyl (C=O) groups excluding carboxylic acids is 1. The molecule has 2 heterocycles. The van der Waals surface area contributed by atoms with Gasteiger partial charge in [-0.15, -0.1) is 0 Å². The average molecular weight is 335 g/mol. The number of aromatic nitrogens is 4. The fourth-order valence-electron chi connectivity index (χ4n) is 2.12. The van der Waals surface area contributed by atoms with E-state index in [4.69, 9.17) is 4.74 Å². The fraction of sp³-hybridized carbons (Fsp3) is 0.111. The summed E-state index contributed by atoms with van der Waals surface area (Å²) in [7, 11) is 1.62. The minimum atomic E-state index is -0.216. The fourth-order valence-corrected chi connectivity index (χ4v) is 2.12. The Morgan fingerprint density at radius 3 is 2.84 bits per heavy atom. The Kier molecular flexibility index (Phi) is 5.16. The molecule has 1 aromatic carbocycles. The van der Waals surface area contributed by atoms with Crippen LogP contribution in [0.5, 0.6) is 5.75 Å². The second kappa shape index (κ2) is 7.87. The first-order valence-electron chi connectivity index (χ1n) is 7.66. The first-order chi connectivity index (χ1) is 12.2. The van der Waals surface area contributed by atoms with Crippen LogP contribution in [0.4, 0.5) is 0 Å². The summed E-state index contributed by atoms with van der Waals surface area (Å²) in [5.41, 5.74) is 1.73. The number of H-pyrrole nitrogens is 1. The number of benzene rings is 1. The van der Waals surface area contributed by atoms with E-state index in [1.807, 2.05) is 36.4 Å². The van der Waals surface area contributed by atoms with Crippen LogP contribution in [-0.2, 0) is 11.3 Å². The van der Waals surface area contributed by atoms with Gasteiger partial charge in [-0.05, 0) is 42.0 Å². The van der Waals surface area contributed by atoms with Crippen LogP contribution in [0.15, 0.2) is 54.9 Å². The predicted molar refractivity (Wildman–Crippen MR) is 93.5 cm³/mol. The number of rotatable bonds is 6. The molecular weight excluding hydrogens is 318 g/mol. The van der Waals surface area contributed by atoms with Gasteiger partial charge in [0, 0.05) is 24.0 Å². The summed E-state index contributed by atoms with van der Waals surface area (Å²) >= 11 is 0. The Labute approximate surface area is 144 Å². The Bertz CT molecular complexity index is 857. The highest BCUT2D eigenvalue weighted by atomic mass is 16.5. The van der Waals surface area contributed by atoms with Crippen LogP contribution in [0, 0.1) is 0 Å². The van der Waals surface area contributed by atoms with Gasteiger partial charge in [0.2, 0.25) is 5.91 Å². The van der Waals surface area contributed by atoms with E-state index in [9.17, 15) is 4.79 Å². The maximum absolute atomic E-state index is 11.8. The van der Waals surface area contributed by atoms with Crippen LogP contribution in [-0.4, -0.2) is 33.2 Å². The maximum Gasteiger partial charge on any atom is 0.244 e. The van der Waals surface area contributed by atoms with Crippen LogP contribution in [0.2, 0.25) is 0 Å². The SMILES string of the molecule is COc1ccc(-c2n[nH]c(CNC(=O)C=Cc3cccnc3)n2)cc1. The van der Waals surface area contributed by atoms with Gasteiger partial charge in [0.1, 0.15) is 11.6 Å². The molecule has 1 amide bonds. The lowest BCUT2D eigenvalue weighted by molar-refractivity contribution is -0.116. The summed E-state index contributed by atoms with van der Waals surface area (Å²) in [6.45, 7) is 0.263. The zero-order valence-corrected chi connectivity index (χ0v) is 13.6. The highest BCUT2D eigenvalue weighted by Crippen LogP contribution is 2.18. The van der Waals surface area contributed by atoms with E-state index in [2.05, 4.69) is 25.5 Å². The molecule has 0 atom stereocenters. The Morgan fingerprint density at radius 1 is 1.28 bits per heavy atom. The second-order valence-electron chi connectivity index (χ2n) is 5.17. The number of hydrogen-bond acceptors (Lipinski definition) is 5. The lowest BCUT2D eigenvalue weighted by Crippen LogP contribution is -2.20. The van der Waals surface area contributed by atoms with Gasteiger partial charge in [0.25, 0.3) is 0 Å². The molecule has 2 aromatic heterocycles. The second-order valence-corrected chi connectivity index (χ2v) is 5.17. The van der Waals surface area contributed by atoms with Crippen LogP contribution < -0.4 is 10.1 Å². The van der Waals surface area contributed by atoms with E-state index in [0.717, 1.165) is 16.9 Å². The molecule has 0 aliphatic carbocycles. The summed E-state index contributed by atoms with van der Waals surface area (Å²) in [4.78, 5) is 20.2. The number of aromatic amines is 1. The number of nitrogens with zero attached hydrogens (tertiary/aromatic N) is 3. The molecule has 0 aliphatic heterocycles. The summed E-state index contributed by atoms with van der Waals surface area (Å²) < 4.78 is 5.12. The van der Waals surface area contributed by atoms with Gasteiger partial charge in [-0.3, -0.25) is 14.9 Å². The molecule has 0 fully saturated rings. The van der Waals surface area contributed by atoms with Crippen molar-refractivity contribution in [3.63, 3.8) is 0 Å². The predicted octanol–water partition coefficient (Wildman–Crippen LogP) is 2.20. The number of amides is 1. The molecule has 3 rings (SSSR count). The highest BCUT2D eigenvalue weighted by molar-refractivity contribution is 5.91. The van der Waals surface area contributed by atoms with Crippen LogP contribution in [0.25, 0.3) is 17.5 Å². The third-order valence-electron chi connectivity index (χ3n) is 3.42. The summed E-state index contributed by atoms with van der Waals surface area (Å²) in [5, 5.41) is 9.73. The average Bonchev–Trinajstić information content (AvgIpc) is 3.14. The number of ether oxygens (including phenoxy) is 1. The van der Waals surface area contributed by atoms with Crippen molar-refractivity contribution in [3.8, 4) is 17.1 Å². The topological polar surface area (TPSA) is 92.8 Å². The van der Waals surface area contributed by atoms with Crippen LogP contribution >= 0.6 is 0 Å². The molecule has 7 nitrogen and oxygen atoms in total. The third kappa shape index (κ3) is 4.51. The quantitative estimate of drug-likeness (QED) is 0.674. The molecule has 0 saturated heterocycles. The van der Waals surface area contributed by atoms with Crippen molar-refractivity contribution in [1.29, 1.82) is 0 Å².